The Morgan fingerprint density at radius 3 is 1.64 bits per heavy atom. The quantitative estimate of drug-likeness (QED) is 0.0555. The Balaban J connectivity index is 0.000000157. The summed E-state index contributed by atoms with van der Waals surface area (Å²) in [6.07, 6.45) is 6.60. The van der Waals surface area contributed by atoms with Crippen LogP contribution < -0.4 is 34.2 Å². The van der Waals surface area contributed by atoms with Crippen LogP contribution in [0.2, 0.25) is 0 Å². The number of aryl methyl sites for hydroxylation is 1. The maximum absolute atomic E-state index is 12.9. The number of methoxy groups -OCH3 is 1. The smallest absolute Gasteiger partial charge is 0.410 e. The lowest BCUT2D eigenvalue weighted by molar-refractivity contribution is 0.0356. The largest absolute Gasteiger partial charge is 0.468 e. The second kappa shape index (κ2) is 35.3. The third kappa shape index (κ3) is 19.0. The lowest BCUT2D eigenvalue weighted by Crippen LogP contribution is -2.49. The molecule has 4 saturated heterocycles. The maximum Gasteiger partial charge on any atom is 0.410 e. The fourth-order valence-electron chi connectivity index (χ4n) is 12.8. The molecule has 0 radical (unpaired) electrons. The second-order valence-electron chi connectivity index (χ2n) is 24.8. The van der Waals surface area contributed by atoms with Crippen molar-refractivity contribution in [3.05, 3.63) is 165 Å². The van der Waals surface area contributed by atoms with Crippen LogP contribution in [-0.4, -0.2) is 220 Å². The van der Waals surface area contributed by atoms with E-state index in [-0.39, 0.29) is 25.6 Å². The fraction of sp³-hybridized carbons (Fsp3) is 0.452. The number of amides is 2. The monoisotopic (exact) mass is 1400 g/mol. The molecule has 0 spiro atoms. The van der Waals surface area contributed by atoms with Crippen LogP contribution in [0.15, 0.2) is 126 Å². The minimum Gasteiger partial charge on any atom is -0.468 e. The van der Waals surface area contributed by atoms with Crippen LogP contribution in [0.25, 0.3) is 21.8 Å². The van der Waals surface area contributed by atoms with Gasteiger partial charge in [0.2, 0.25) is 0 Å². The van der Waals surface area contributed by atoms with Gasteiger partial charge in [0.15, 0.2) is 6.79 Å². The summed E-state index contributed by atoms with van der Waals surface area (Å²) in [7, 11) is 1.59. The number of piperazine rings is 2. The number of anilines is 3. The van der Waals surface area contributed by atoms with E-state index < -0.39 is 0 Å². The molecular weight excluding hydrogens is 1310 g/mol. The Morgan fingerprint density at radius 2 is 1.08 bits per heavy atom. The van der Waals surface area contributed by atoms with Gasteiger partial charge in [-0.3, -0.25) is 19.8 Å². The highest BCUT2D eigenvalue weighted by atomic mass is 79.9. The first kappa shape index (κ1) is 69.3. The maximum atomic E-state index is 12.9. The van der Waals surface area contributed by atoms with Crippen LogP contribution in [-0.2, 0) is 62.8 Å². The number of carbonyl (C=O) groups is 2. The van der Waals surface area contributed by atoms with Gasteiger partial charge in [-0.25, -0.2) is 9.59 Å². The van der Waals surface area contributed by atoms with Crippen molar-refractivity contribution in [3.8, 4) is 17.8 Å². The number of nitrogens with one attached hydrogen (secondary N) is 1. The van der Waals surface area contributed by atoms with Crippen molar-refractivity contribution in [1.29, 1.82) is 0 Å². The van der Waals surface area contributed by atoms with Gasteiger partial charge >= 0.3 is 24.2 Å². The average molecular weight is 1400 g/mol. The number of morpholine rings is 2. The first-order valence-corrected chi connectivity index (χ1v) is 35.0. The molecule has 4 aromatic carbocycles. The van der Waals surface area contributed by atoms with E-state index in [1.165, 1.54) is 11.1 Å². The molecule has 24 nitrogen and oxygen atoms in total. The summed E-state index contributed by atoms with van der Waals surface area (Å²) >= 11 is 3.46. The number of hydrogen-bond donors (Lipinski definition) is 1. The molecule has 1 N–H and O–H groups in total. The zero-order valence-corrected chi connectivity index (χ0v) is 57.8. The number of rotatable bonds is 20. The number of fused-ring (bicyclic) bond motifs is 4. The van der Waals surface area contributed by atoms with Gasteiger partial charge in [-0.2, -0.15) is 19.9 Å². The van der Waals surface area contributed by atoms with Gasteiger partial charge in [0, 0.05) is 151 Å². The molecule has 0 unspecified atom stereocenters. The summed E-state index contributed by atoms with van der Waals surface area (Å²) < 4.78 is 45.4. The van der Waals surface area contributed by atoms with Crippen LogP contribution in [0.5, 0.6) is 17.8 Å². The van der Waals surface area contributed by atoms with Gasteiger partial charge in [0.25, 0.3) is 0 Å². The Hall–Kier alpha value is -8.56. The van der Waals surface area contributed by atoms with Crippen LogP contribution in [0, 0.1) is 6.92 Å². The van der Waals surface area contributed by atoms with Crippen molar-refractivity contribution < 1.29 is 47.5 Å². The van der Waals surface area contributed by atoms with E-state index in [9.17, 15) is 9.59 Å². The Kier molecular flexibility index (Phi) is 25.0. The van der Waals surface area contributed by atoms with Crippen LogP contribution in [0.4, 0.5) is 26.9 Å². The molecule has 4 aromatic heterocycles. The number of ether oxygens (including phenoxy) is 8. The lowest BCUT2D eigenvalue weighted by atomic mass is 10.0. The number of halogens is 1. The molecule has 0 saturated carbocycles. The Labute approximate surface area is 581 Å². The van der Waals surface area contributed by atoms with E-state index >= 15 is 0 Å². The van der Waals surface area contributed by atoms with Gasteiger partial charge in [-0.15, -0.1) is 0 Å². The molecular formula is C73H89BrN14O10. The molecule has 4 fully saturated rings. The van der Waals surface area contributed by atoms with E-state index in [0.717, 1.165) is 188 Å². The van der Waals surface area contributed by atoms with Gasteiger partial charge in [0.05, 0.1) is 74.3 Å². The average Bonchev–Trinajstić information content (AvgIpc) is 0.784. The number of aromatic nitrogens is 6. The van der Waals surface area contributed by atoms with Crippen LogP contribution in [0.1, 0.15) is 52.0 Å². The molecule has 25 heteroatoms. The van der Waals surface area contributed by atoms with Gasteiger partial charge < -0.3 is 67.7 Å². The van der Waals surface area contributed by atoms with Gasteiger partial charge in [-0.05, 0) is 108 Å². The molecule has 98 heavy (non-hydrogen) atoms. The van der Waals surface area contributed by atoms with E-state index in [4.69, 9.17) is 62.8 Å². The SMILES string of the molecule is COCOc1cc(Br)c2ncccc2c1.Cc1cc(N2CCc3c(nc(OCCCN4CCOCC4)nc3N3CCN(C(=O)OCc4ccccc4)CC3)C2)c2ncccc2c1.O=C(OCc1ccccc1)N1CCN(c2nc(OCCCN3CCOCC3)nc3c2CCNC3)CC1. The standard InChI is InChI=1S/C36H43N7O4.C26H36N6O4.C11H10BrNO2/c1-27-23-29-9-5-11-37-33(29)32(24-27)43-13-10-30-31(25-43)38-35(46-20-6-12-40-18-21-45-22-19-40)39-34(30)41-14-16-42(17-15-41)36(44)47-26-28-7-3-2-4-8-28;33-26(36-20-21-5-2-1-3-6-21)32-12-10-31(11-13-32)24-22-7-8-27-19-23(22)28-25(29-24)35-16-4-9-30-14-17-34-18-15-30;1-14-7-15-9-5-8-3-2-4-13-11(8)10(12)6-9/h2-5,7-9,11,23-24H,6,10,12-22,25-26H2,1H3;1-3,5-6,27H,4,7-20H2;2-6H,7H2,1H3. The third-order valence-electron chi connectivity index (χ3n) is 18.1. The second-order valence-corrected chi connectivity index (χ2v) is 25.7. The summed E-state index contributed by atoms with van der Waals surface area (Å²) in [6.45, 7) is 21.3. The minimum atomic E-state index is -0.280. The van der Waals surface area contributed by atoms with Crippen LogP contribution >= 0.6 is 15.9 Å². The van der Waals surface area contributed by atoms with E-state index in [0.29, 0.717) is 90.7 Å². The third-order valence-corrected chi connectivity index (χ3v) is 18.7. The molecule has 6 aliphatic rings. The molecule has 0 atom stereocenters. The molecule has 8 aromatic rings. The highest BCUT2D eigenvalue weighted by Crippen LogP contribution is 2.35. The summed E-state index contributed by atoms with van der Waals surface area (Å²) in [5.74, 6) is 2.63. The normalized spacial score (nSPS) is 16.6. The molecule has 518 valence electrons. The predicted octanol–water partition coefficient (Wildman–Crippen LogP) is 9.12. The molecule has 14 rings (SSSR count). The first-order valence-electron chi connectivity index (χ1n) is 34.2. The highest BCUT2D eigenvalue weighted by Gasteiger charge is 2.32. The topological polar surface area (TPSA) is 220 Å². The Bertz CT molecular complexity index is 3880. The number of pyridine rings is 2. The van der Waals surface area contributed by atoms with Crippen molar-refractivity contribution in [1.82, 2.24) is 54.8 Å². The zero-order valence-electron chi connectivity index (χ0n) is 56.2. The first-order chi connectivity index (χ1) is 48.2. The van der Waals surface area contributed by atoms with Crippen LogP contribution in [0.3, 0.4) is 0 Å². The fourth-order valence-corrected chi connectivity index (χ4v) is 13.4. The summed E-state index contributed by atoms with van der Waals surface area (Å²) in [4.78, 5) is 69.3. The summed E-state index contributed by atoms with van der Waals surface area (Å²) in [5.41, 5.74) is 10.6. The number of benzene rings is 4. The molecule has 0 bridgehead atoms. The van der Waals surface area contributed by atoms with Crippen molar-refractivity contribution in [2.24, 2.45) is 0 Å². The van der Waals surface area contributed by atoms with Crippen molar-refractivity contribution in [2.75, 3.05) is 173 Å². The number of carbonyl (C=O) groups excluding carboxylic acids is 2. The van der Waals surface area contributed by atoms with Crippen molar-refractivity contribution >= 4 is 67.2 Å². The van der Waals surface area contributed by atoms with Gasteiger partial charge in [0.1, 0.15) is 30.6 Å². The number of nitrogens with zero attached hydrogens (tertiary/aromatic N) is 13. The molecule has 6 aliphatic heterocycles. The van der Waals surface area contributed by atoms with E-state index in [1.807, 2.05) is 97.2 Å². The van der Waals surface area contributed by atoms with E-state index in [2.05, 4.69) is 75.9 Å². The van der Waals surface area contributed by atoms with Gasteiger partial charge in [-0.1, -0.05) is 72.8 Å². The Morgan fingerprint density at radius 1 is 0.551 bits per heavy atom. The predicted molar refractivity (Wildman–Crippen MR) is 378 cm³/mol. The lowest BCUT2D eigenvalue weighted by Gasteiger charge is -2.38. The highest BCUT2D eigenvalue weighted by molar-refractivity contribution is 9.10. The van der Waals surface area contributed by atoms with Crippen molar-refractivity contribution in [2.45, 2.75) is 58.9 Å². The molecule has 2 amide bonds. The zero-order chi connectivity index (χ0) is 67.3. The van der Waals surface area contributed by atoms with E-state index in [1.54, 1.807) is 23.1 Å². The summed E-state index contributed by atoms with van der Waals surface area (Å²) in [5, 5.41) is 5.59. The minimum absolute atomic E-state index is 0.248. The molecule has 0 aliphatic carbocycles. The van der Waals surface area contributed by atoms with Crippen molar-refractivity contribution in [3.63, 3.8) is 0 Å². The summed E-state index contributed by atoms with van der Waals surface area (Å²) in [6, 6.07) is 36.6. The molecule has 10 heterocycles. The number of hydrogen-bond acceptors (Lipinski definition) is 22.